The number of nitrogens with zero attached hydrogens (tertiary/aromatic N) is 3. The van der Waals surface area contributed by atoms with Crippen molar-refractivity contribution in [2.75, 3.05) is 19.6 Å². The molecule has 0 aliphatic carbocycles. The second-order valence-corrected chi connectivity index (χ2v) is 7.79. The predicted octanol–water partition coefficient (Wildman–Crippen LogP) is 3.30. The van der Waals surface area contributed by atoms with Crippen molar-refractivity contribution in [3.63, 3.8) is 0 Å². The zero-order valence-electron chi connectivity index (χ0n) is 15.9. The van der Waals surface area contributed by atoms with Gasteiger partial charge in [0, 0.05) is 43.0 Å². The summed E-state index contributed by atoms with van der Waals surface area (Å²) in [5, 5.41) is 4.43. The number of benzene rings is 1. The second-order valence-electron chi connectivity index (χ2n) is 7.35. The molecule has 146 valence electrons. The summed E-state index contributed by atoms with van der Waals surface area (Å²) < 4.78 is 1.84. The van der Waals surface area contributed by atoms with Crippen LogP contribution in [-0.2, 0) is 13.1 Å². The number of hydrogen-bond acceptors (Lipinski definition) is 4. The van der Waals surface area contributed by atoms with Gasteiger partial charge in [-0.25, -0.2) is 0 Å². The normalized spacial score (nSPS) is 15.9. The van der Waals surface area contributed by atoms with E-state index in [0.29, 0.717) is 12.6 Å². The van der Waals surface area contributed by atoms with Crippen LogP contribution in [0.4, 0.5) is 0 Å². The van der Waals surface area contributed by atoms with E-state index in [1.807, 2.05) is 28.8 Å². The van der Waals surface area contributed by atoms with E-state index in [4.69, 9.17) is 11.6 Å². The van der Waals surface area contributed by atoms with Gasteiger partial charge in [0.05, 0.1) is 11.0 Å². The number of nitrogens with one attached hydrogen (secondary N) is 1. The van der Waals surface area contributed by atoms with E-state index in [1.165, 1.54) is 5.56 Å². The number of aromatic nitrogens is 2. The minimum Gasteiger partial charge on any atom is -0.310 e. The average molecular weight is 397 g/mol. The second kappa shape index (κ2) is 8.86. The van der Waals surface area contributed by atoms with Crippen molar-refractivity contribution >= 4 is 22.6 Å². The van der Waals surface area contributed by atoms with Crippen LogP contribution in [-0.4, -0.2) is 40.1 Å². The van der Waals surface area contributed by atoms with E-state index < -0.39 is 0 Å². The molecular weight excluding hydrogens is 372 g/mol. The number of piperidine rings is 1. The molecule has 5 nitrogen and oxygen atoms in total. The third-order valence-corrected chi connectivity index (χ3v) is 5.74. The highest BCUT2D eigenvalue weighted by Gasteiger charge is 2.18. The summed E-state index contributed by atoms with van der Waals surface area (Å²) in [6, 6.07) is 15.8. The monoisotopic (exact) mass is 396 g/mol. The Balaban J connectivity index is 1.28. The van der Waals surface area contributed by atoms with Crippen LogP contribution in [0.5, 0.6) is 0 Å². The highest BCUT2D eigenvalue weighted by atomic mass is 35.5. The topological polar surface area (TPSA) is 50.2 Å². The van der Waals surface area contributed by atoms with Gasteiger partial charge in [-0.05, 0) is 61.8 Å². The lowest BCUT2D eigenvalue weighted by molar-refractivity contribution is 0.191. The first kappa shape index (κ1) is 19.1. The fourth-order valence-corrected chi connectivity index (χ4v) is 3.95. The van der Waals surface area contributed by atoms with Crippen LogP contribution in [0, 0.1) is 0 Å². The van der Waals surface area contributed by atoms with Crippen LogP contribution in [0.25, 0.3) is 11.0 Å². The van der Waals surface area contributed by atoms with Crippen LogP contribution < -0.4 is 10.9 Å². The van der Waals surface area contributed by atoms with Gasteiger partial charge in [0.15, 0.2) is 0 Å². The molecule has 4 rings (SSSR count). The molecule has 0 saturated carbocycles. The highest BCUT2D eigenvalue weighted by molar-refractivity contribution is 6.30. The molecule has 3 aromatic rings. The van der Waals surface area contributed by atoms with Gasteiger partial charge in [0.25, 0.3) is 5.56 Å². The standard InChI is InChI=1S/C22H25ClN4O/c23-18-5-3-17(4-6-18)16-25-19-9-12-26(13-10-19)14-15-27-21-2-1-11-24-20(21)7-8-22(27)28/h1-8,11,19,25H,9-10,12-16H2. The molecular formula is C22H25ClN4O. The van der Waals surface area contributed by atoms with Crippen LogP contribution in [0.15, 0.2) is 59.5 Å². The van der Waals surface area contributed by atoms with Crippen molar-refractivity contribution in [2.24, 2.45) is 0 Å². The Labute approximate surface area is 170 Å². The first-order valence-electron chi connectivity index (χ1n) is 9.84. The summed E-state index contributed by atoms with van der Waals surface area (Å²) in [5.74, 6) is 0. The minimum atomic E-state index is 0.0417. The van der Waals surface area contributed by atoms with E-state index in [-0.39, 0.29) is 5.56 Å². The fraction of sp³-hybridized carbons (Fsp3) is 0.364. The van der Waals surface area contributed by atoms with Gasteiger partial charge in [0.1, 0.15) is 0 Å². The van der Waals surface area contributed by atoms with Gasteiger partial charge in [-0.1, -0.05) is 23.7 Å². The number of halogens is 1. The third kappa shape index (κ3) is 4.61. The van der Waals surface area contributed by atoms with E-state index in [0.717, 1.165) is 55.1 Å². The van der Waals surface area contributed by atoms with E-state index >= 15 is 0 Å². The molecule has 1 N–H and O–H groups in total. The summed E-state index contributed by atoms with van der Waals surface area (Å²) in [6.45, 7) is 4.56. The molecule has 1 saturated heterocycles. The Morgan fingerprint density at radius 3 is 2.61 bits per heavy atom. The lowest BCUT2D eigenvalue weighted by Gasteiger charge is -2.32. The molecule has 1 fully saturated rings. The molecule has 28 heavy (non-hydrogen) atoms. The lowest BCUT2D eigenvalue weighted by Crippen LogP contribution is -2.43. The Morgan fingerprint density at radius 2 is 1.82 bits per heavy atom. The smallest absolute Gasteiger partial charge is 0.251 e. The zero-order valence-corrected chi connectivity index (χ0v) is 16.6. The molecule has 0 amide bonds. The largest absolute Gasteiger partial charge is 0.310 e. The van der Waals surface area contributed by atoms with E-state index in [1.54, 1.807) is 18.3 Å². The molecule has 2 aromatic heterocycles. The fourth-order valence-electron chi connectivity index (χ4n) is 3.82. The first-order valence-corrected chi connectivity index (χ1v) is 10.2. The van der Waals surface area contributed by atoms with Crippen molar-refractivity contribution in [2.45, 2.75) is 32.0 Å². The molecule has 6 heteroatoms. The van der Waals surface area contributed by atoms with Gasteiger partial charge in [-0.3, -0.25) is 9.78 Å². The molecule has 0 unspecified atom stereocenters. The molecule has 0 spiro atoms. The van der Waals surface area contributed by atoms with Crippen LogP contribution >= 0.6 is 11.6 Å². The maximum absolute atomic E-state index is 12.3. The molecule has 1 aliphatic rings. The van der Waals surface area contributed by atoms with E-state index in [2.05, 4.69) is 27.3 Å². The van der Waals surface area contributed by atoms with Crippen molar-refractivity contribution in [1.82, 2.24) is 19.8 Å². The van der Waals surface area contributed by atoms with Crippen molar-refractivity contribution in [3.8, 4) is 0 Å². The average Bonchev–Trinajstić information content (AvgIpc) is 2.73. The predicted molar refractivity (Wildman–Crippen MR) is 114 cm³/mol. The van der Waals surface area contributed by atoms with Crippen molar-refractivity contribution < 1.29 is 0 Å². The Hall–Kier alpha value is -2.21. The summed E-state index contributed by atoms with van der Waals surface area (Å²) in [6.07, 6.45) is 4.01. The van der Waals surface area contributed by atoms with Gasteiger partial charge in [-0.2, -0.15) is 0 Å². The number of likely N-dealkylation sites (tertiary alicyclic amines) is 1. The number of fused-ring (bicyclic) bond motifs is 1. The number of rotatable bonds is 6. The third-order valence-electron chi connectivity index (χ3n) is 5.49. The van der Waals surface area contributed by atoms with Gasteiger partial charge in [0.2, 0.25) is 0 Å². The SMILES string of the molecule is O=c1ccc2ncccc2n1CCN1CCC(NCc2ccc(Cl)cc2)CC1. The van der Waals surface area contributed by atoms with Crippen molar-refractivity contribution in [3.05, 3.63) is 75.7 Å². The summed E-state index contributed by atoms with van der Waals surface area (Å²) >= 11 is 5.94. The first-order chi connectivity index (χ1) is 13.7. The molecule has 3 heterocycles. The van der Waals surface area contributed by atoms with Gasteiger partial charge >= 0.3 is 0 Å². The summed E-state index contributed by atoms with van der Waals surface area (Å²) in [4.78, 5) is 19.1. The lowest BCUT2D eigenvalue weighted by atomic mass is 10.0. The highest BCUT2D eigenvalue weighted by Crippen LogP contribution is 2.14. The maximum Gasteiger partial charge on any atom is 0.251 e. The van der Waals surface area contributed by atoms with Crippen LogP contribution in [0.3, 0.4) is 0 Å². The molecule has 1 aliphatic heterocycles. The van der Waals surface area contributed by atoms with E-state index in [9.17, 15) is 4.79 Å². The molecule has 0 atom stereocenters. The van der Waals surface area contributed by atoms with Gasteiger partial charge in [-0.15, -0.1) is 0 Å². The minimum absolute atomic E-state index is 0.0417. The van der Waals surface area contributed by atoms with Crippen molar-refractivity contribution in [1.29, 1.82) is 0 Å². The number of hydrogen-bond donors (Lipinski definition) is 1. The zero-order chi connectivity index (χ0) is 19.3. The Kier molecular flexibility index (Phi) is 6.05. The van der Waals surface area contributed by atoms with Crippen LogP contribution in [0.2, 0.25) is 5.02 Å². The Morgan fingerprint density at radius 1 is 1.04 bits per heavy atom. The molecule has 1 aromatic carbocycles. The number of pyridine rings is 2. The summed E-state index contributed by atoms with van der Waals surface area (Å²) in [5.41, 5.74) is 3.08. The van der Waals surface area contributed by atoms with Crippen LogP contribution in [0.1, 0.15) is 18.4 Å². The van der Waals surface area contributed by atoms with Gasteiger partial charge < -0.3 is 14.8 Å². The summed E-state index contributed by atoms with van der Waals surface area (Å²) in [7, 11) is 0. The molecule has 0 radical (unpaired) electrons. The maximum atomic E-state index is 12.3. The Bertz CT molecular complexity index is 978. The molecule has 0 bridgehead atoms. The quantitative estimate of drug-likeness (QED) is 0.694.